The molecule has 1 aromatic rings. The molecule has 0 aromatic heterocycles. The Kier molecular flexibility index (Phi) is 7.57. The van der Waals surface area contributed by atoms with Gasteiger partial charge in [-0.05, 0) is 45.2 Å². The Balaban J connectivity index is 1.89. The molecule has 26 heavy (non-hydrogen) atoms. The van der Waals surface area contributed by atoms with Gasteiger partial charge in [0.05, 0.1) is 24.9 Å². The van der Waals surface area contributed by atoms with Gasteiger partial charge < -0.3 is 25.0 Å². The van der Waals surface area contributed by atoms with Crippen LogP contribution < -0.4 is 20.3 Å². The standard InChI is InChI=1S/C20H34N4O2/c1-6-21-19(23-15-20(2,3)26-5)22-13-16-11-12-24(14-16)17-9-7-8-10-18(17)25-4/h7-10,16H,6,11-15H2,1-5H3,(H2,21,22,23). The van der Waals surface area contributed by atoms with Crippen LogP contribution in [-0.4, -0.2) is 58.5 Å². The van der Waals surface area contributed by atoms with E-state index in [1.807, 2.05) is 26.0 Å². The molecule has 2 N–H and O–H groups in total. The van der Waals surface area contributed by atoms with Crippen LogP contribution in [0.2, 0.25) is 0 Å². The number of nitrogens with one attached hydrogen (secondary N) is 2. The molecule has 1 saturated heterocycles. The maximum Gasteiger partial charge on any atom is 0.191 e. The van der Waals surface area contributed by atoms with Crippen molar-refractivity contribution in [2.45, 2.75) is 32.8 Å². The van der Waals surface area contributed by atoms with Crippen LogP contribution in [0.15, 0.2) is 29.3 Å². The maximum atomic E-state index is 5.50. The third-order valence-corrected chi connectivity index (χ3v) is 4.78. The van der Waals surface area contributed by atoms with E-state index in [1.54, 1.807) is 14.2 Å². The minimum absolute atomic E-state index is 0.254. The Hall–Kier alpha value is -1.95. The van der Waals surface area contributed by atoms with E-state index in [0.717, 1.165) is 44.3 Å². The molecule has 1 aliphatic heterocycles. The lowest BCUT2D eigenvalue weighted by atomic mass is 10.1. The second-order valence-electron chi connectivity index (χ2n) is 7.31. The molecule has 146 valence electrons. The Morgan fingerprint density at radius 1 is 1.27 bits per heavy atom. The lowest BCUT2D eigenvalue weighted by molar-refractivity contribution is 0.0310. The highest BCUT2D eigenvalue weighted by Crippen LogP contribution is 2.31. The van der Waals surface area contributed by atoms with Gasteiger partial charge in [0.25, 0.3) is 0 Å². The highest BCUT2D eigenvalue weighted by atomic mass is 16.5. The number of hydrogen-bond acceptors (Lipinski definition) is 4. The Bertz CT molecular complexity index is 589. The van der Waals surface area contributed by atoms with E-state index in [1.165, 1.54) is 5.69 Å². The summed E-state index contributed by atoms with van der Waals surface area (Å²) in [5.41, 5.74) is 0.927. The van der Waals surface area contributed by atoms with Crippen LogP contribution in [0.1, 0.15) is 27.2 Å². The van der Waals surface area contributed by atoms with E-state index >= 15 is 0 Å². The van der Waals surface area contributed by atoms with Crippen LogP contribution in [0.3, 0.4) is 0 Å². The zero-order valence-corrected chi connectivity index (χ0v) is 16.8. The molecule has 1 fully saturated rings. The highest BCUT2D eigenvalue weighted by molar-refractivity contribution is 5.79. The van der Waals surface area contributed by atoms with Gasteiger partial charge >= 0.3 is 0 Å². The fourth-order valence-electron chi connectivity index (χ4n) is 3.03. The number of guanidine groups is 1. The average molecular weight is 363 g/mol. The van der Waals surface area contributed by atoms with E-state index in [-0.39, 0.29) is 5.60 Å². The molecule has 0 bridgehead atoms. The van der Waals surface area contributed by atoms with Crippen molar-refractivity contribution in [3.05, 3.63) is 24.3 Å². The first-order chi connectivity index (χ1) is 12.5. The van der Waals surface area contributed by atoms with Gasteiger partial charge in [0.15, 0.2) is 5.96 Å². The minimum atomic E-state index is -0.254. The third-order valence-electron chi connectivity index (χ3n) is 4.78. The van der Waals surface area contributed by atoms with Crippen LogP contribution in [-0.2, 0) is 4.74 Å². The first-order valence-electron chi connectivity index (χ1n) is 9.44. The van der Waals surface area contributed by atoms with Crippen molar-refractivity contribution in [3.8, 4) is 5.75 Å². The topological polar surface area (TPSA) is 58.1 Å². The number of ether oxygens (including phenoxy) is 2. The number of benzene rings is 1. The van der Waals surface area contributed by atoms with E-state index in [0.29, 0.717) is 12.5 Å². The van der Waals surface area contributed by atoms with Crippen molar-refractivity contribution in [3.63, 3.8) is 0 Å². The maximum absolute atomic E-state index is 5.50. The summed E-state index contributed by atoms with van der Waals surface area (Å²) in [5, 5.41) is 6.80. The SMILES string of the molecule is CCNC(=NCC(C)(C)OC)NCC1CCN(c2ccccc2OC)C1. The van der Waals surface area contributed by atoms with Crippen LogP contribution in [0, 0.1) is 5.92 Å². The van der Waals surface area contributed by atoms with Crippen LogP contribution in [0.25, 0.3) is 0 Å². The second kappa shape index (κ2) is 9.67. The van der Waals surface area contributed by atoms with E-state index in [9.17, 15) is 0 Å². The zero-order valence-electron chi connectivity index (χ0n) is 16.8. The molecule has 0 radical (unpaired) electrons. The molecule has 0 saturated carbocycles. The van der Waals surface area contributed by atoms with E-state index < -0.39 is 0 Å². The summed E-state index contributed by atoms with van der Waals surface area (Å²) in [6, 6.07) is 8.23. The molecule has 6 nitrogen and oxygen atoms in total. The van der Waals surface area contributed by atoms with Gasteiger partial charge in [-0.25, -0.2) is 0 Å². The number of anilines is 1. The van der Waals surface area contributed by atoms with Crippen molar-refractivity contribution in [1.82, 2.24) is 10.6 Å². The summed E-state index contributed by atoms with van der Waals surface area (Å²) in [6.45, 7) is 10.6. The van der Waals surface area contributed by atoms with Gasteiger partial charge in [-0.3, -0.25) is 4.99 Å². The Labute approximate surface area is 158 Å². The number of nitrogens with zero attached hydrogens (tertiary/aromatic N) is 2. The third kappa shape index (κ3) is 5.80. The number of rotatable bonds is 8. The second-order valence-corrected chi connectivity index (χ2v) is 7.31. The molecule has 1 aliphatic rings. The quantitative estimate of drug-likeness (QED) is 0.550. The monoisotopic (exact) mass is 362 g/mol. The minimum Gasteiger partial charge on any atom is -0.495 e. The van der Waals surface area contributed by atoms with Crippen molar-refractivity contribution < 1.29 is 9.47 Å². The number of para-hydroxylation sites is 2. The molecule has 6 heteroatoms. The average Bonchev–Trinajstić information content (AvgIpc) is 3.13. The predicted molar refractivity (Wildman–Crippen MR) is 108 cm³/mol. The number of aliphatic imine (C=N–C) groups is 1. The van der Waals surface area contributed by atoms with Crippen molar-refractivity contribution in [2.24, 2.45) is 10.9 Å². The summed E-state index contributed by atoms with van der Waals surface area (Å²) in [6.07, 6.45) is 1.16. The van der Waals surface area contributed by atoms with Crippen molar-refractivity contribution in [2.75, 3.05) is 51.8 Å². The van der Waals surface area contributed by atoms with Crippen molar-refractivity contribution >= 4 is 11.6 Å². The zero-order chi connectivity index (χ0) is 19.0. The van der Waals surface area contributed by atoms with Crippen LogP contribution >= 0.6 is 0 Å². The van der Waals surface area contributed by atoms with E-state index in [4.69, 9.17) is 9.47 Å². The molecular weight excluding hydrogens is 328 g/mol. The lowest BCUT2D eigenvalue weighted by Gasteiger charge is -2.22. The molecule has 0 spiro atoms. The highest BCUT2D eigenvalue weighted by Gasteiger charge is 2.24. The molecule has 0 amide bonds. The van der Waals surface area contributed by atoms with Crippen LogP contribution in [0.4, 0.5) is 5.69 Å². The fraction of sp³-hybridized carbons (Fsp3) is 0.650. The summed E-state index contributed by atoms with van der Waals surface area (Å²) in [5.74, 6) is 2.38. The summed E-state index contributed by atoms with van der Waals surface area (Å²) < 4.78 is 10.9. The Morgan fingerprint density at radius 3 is 2.73 bits per heavy atom. The number of methoxy groups -OCH3 is 2. The molecule has 1 heterocycles. The van der Waals surface area contributed by atoms with Gasteiger partial charge in [0, 0.05) is 33.3 Å². The summed E-state index contributed by atoms with van der Waals surface area (Å²) in [4.78, 5) is 7.06. The fourth-order valence-corrected chi connectivity index (χ4v) is 3.03. The summed E-state index contributed by atoms with van der Waals surface area (Å²) >= 11 is 0. The molecule has 1 aromatic carbocycles. The molecule has 2 rings (SSSR count). The normalized spacial score (nSPS) is 18.1. The smallest absolute Gasteiger partial charge is 0.191 e. The van der Waals surface area contributed by atoms with Gasteiger partial charge in [-0.2, -0.15) is 0 Å². The van der Waals surface area contributed by atoms with Gasteiger partial charge in [0.1, 0.15) is 5.75 Å². The first-order valence-corrected chi connectivity index (χ1v) is 9.44. The molecule has 1 atom stereocenters. The predicted octanol–water partition coefficient (Wildman–Crippen LogP) is 2.50. The van der Waals surface area contributed by atoms with Gasteiger partial charge in [-0.15, -0.1) is 0 Å². The van der Waals surface area contributed by atoms with E-state index in [2.05, 4.69) is 39.6 Å². The number of hydrogen-bond donors (Lipinski definition) is 2. The lowest BCUT2D eigenvalue weighted by Crippen LogP contribution is -2.41. The molecule has 1 unspecified atom stereocenters. The summed E-state index contributed by atoms with van der Waals surface area (Å²) in [7, 11) is 3.45. The van der Waals surface area contributed by atoms with Gasteiger partial charge in [0.2, 0.25) is 0 Å². The molecular formula is C20H34N4O2. The Morgan fingerprint density at radius 2 is 2.04 bits per heavy atom. The molecule has 0 aliphatic carbocycles. The van der Waals surface area contributed by atoms with Crippen molar-refractivity contribution in [1.29, 1.82) is 0 Å². The first kappa shape index (κ1) is 20.4. The largest absolute Gasteiger partial charge is 0.495 e. The van der Waals surface area contributed by atoms with Gasteiger partial charge in [-0.1, -0.05) is 12.1 Å². The van der Waals surface area contributed by atoms with Crippen LogP contribution in [0.5, 0.6) is 5.75 Å².